The van der Waals surface area contributed by atoms with Crippen LogP contribution in [0, 0.1) is 5.82 Å². The van der Waals surface area contributed by atoms with Crippen molar-refractivity contribution >= 4 is 21.4 Å². The predicted molar refractivity (Wildman–Crippen MR) is 72.0 cm³/mol. The molecular formula is C12H17ClFNO2S. The minimum atomic E-state index is -3.12. The molecule has 0 unspecified atom stereocenters. The highest BCUT2D eigenvalue weighted by atomic mass is 35.5. The van der Waals surface area contributed by atoms with E-state index >= 15 is 0 Å². The maximum absolute atomic E-state index is 12.9. The van der Waals surface area contributed by atoms with Crippen molar-refractivity contribution in [1.29, 1.82) is 0 Å². The van der Waals surface area contributed by atoms with Gasteiger partial charge in [-0.25, -0.2) is 12.8 Å². The first-order valence-corrected chi connectivity index (χ1v) is 7.75. The van der Waals surface area contributed by atoms with Crippen molar-refractivity contribution in [3.8, 4) is 0 Å². The molecule has 1 aromatic carbocycles. The average molecular weight is 294 g/mol. The van der Waals surface area contributed by atoms with Gasteiger partial charge in [0.05, 0.1) is 9.77 Å². The zero-order valence-corrected chi connectivity index (χ0v) is 12.2. The van der Waals surface area contributed by atoms with Gasteiger partial charge in [0.1, 0.15) is 5.82 Å². The Morgan fingerprint density at radius 1 is 1.39 bits per heavy atom. The van der Waals surface area contributed by atoms with E-state index in [1.165, 1.54) is 18.4 Å². The maximum atomic E-state index is 12.9. The van der Waals surface area contributed by atoms with E-state index in [1.807, 2.05) is 0 Å². The Balaban J connectivity index is 2.60. The van der Waals surface area contributed by atoms with Gasteiger partial charge in [-0.3, -0.25) is 0 Å². The van der Waals surface area contributed by atoms with Crippen LogP contribution >= 0.6 is 11.6 Å². The summed E-state index contributed by atoms with van der Waals surface area (Å²) in [5.41, 5.74) is 0.811. The van der Waals surface area contributed by atoms with Crippen LogP contribution in [0.15, 0.2) is 18.2 Å². The van der Waals surface area contributed by atoms with Gasteiger partial charge in [0.25, 0.3) is 0 Å². The van der Waals surface area contributed by atoms with Crippen LogP contribution in [0.1, 0.15) is 19.4 Å². The molecule has 0 saturated carbocycles. The van der Waals surface area contributed by atoms with Crippen LogP contribution < -0.4 is 5.32 Å². The summed E-state index contributed by atoms with van der Waals surface area (Å²) in [6.45, 7) is 4.08. The predicted octanol–water partition coefficient (Wildman–Crippen LogP) is 2.39. The minimum Gasteiger partial charge on any atom is -0.311 e. The number of benzene rings is 1. The summed E-state index contributed by atoms with van der Waals surface area (Å²) in [5, 5.41) is 3.10. The molecule has 0 radical (unpaired) electrons. The van der Waals surface area contributed by atoms with Gasteiger partial charge in [0.2, 0.25) is 0 Å². The summed E-state index contributed by atoms with van der Waals surface area (Å²) >= 11 is 5.66. The fourth-order valence-corrected chi connectivity index (χ4v) is 1.86. The lowest BCUT2D eigenvalue weighted by Gasteiger charge is -2.22. The first-order chi connectivity index (χ1) is 8.13. The molecule has 0 heterocycles. The number of hydrogen-bond acceptors (Lipinski definition) is 3. The highest BCUT2D eigenvalue weighted by Crippen LogP contribution is 2.17. The van der Waals surface area contributed by atoms with E-state index in [-0.39, 0.29) is 5.02 Å². The second-order valence-corrected chi connectivity index (χ2v) is 7.94. The lowest BCUT2D eigenvalue weighted by atomic mass is 10.2. The summed E-state index contributed by atoms with van der Waals surface area (Å²) in [4.78, 5) is 0. The highest BCUT2D eigenvalue weighted by Gasteiger charge is 2.29. The zero-order valence-electron chi connectivity index (χ0n) is 10.6. The first kappa shape index (κ1) is 15.4. The van der Waals surface area contributed by atoms with Crippen molar-refractivity contribution in [2.75, 3.05) is 12.8 Å². The molecule has 1 N–H and O–H groups in total. The monoisotopic (exact) mass is 293 g/mol. The van der Waals surface area contributed by atoms with E-state index in [4.69, 9.17) is 11.6 Å². The quantitative estimate of drug-likeness (QED) is 0.907. The van der Waals surface area contributed by atoms with Gasteiger partial charge < -0.3 is 5.32 Å². The van der Waals surface area contributed by atoms with E-state index in [0.717, 1.165) is 5.56 Å². The topological polar surface area (TPSA) is 46.2 Å². The van der Waals surface area contributed by atoms with Crippen LogP contribution in [-0.2, 0) is 16.4 Å². The van der Waals surface area contributed by atoms with Crippen LogP contribution in [0.25, 0.3) is 0 Å². The Kier molecular flexibility index (Phi) is 4.75. The first-order valence-electron chi connectivity index (χ1n) is 5.48. The molecule has 1 aromatic rings. The molecule has 0 spiro atoms. The molecule has 6 heteroatoms. The van der Waals surface area contributed by atoms with Crippen molar-refractivity contribution in [3.63, 3.8) is 0 Å². The van der Waals surface area contributed by atoms with E-state index in [1.54, 1.807) is 19.9 Å². The van der Waals surface area contributed by atoms with Crippen LogP contribution in [-0.4, -0.2) is 26.0 Å². The van der Waals surface area contributed by atoms with Crippen LogP contribution in [0.4, 0.5) is 4.39 Å². The molecule has 1 rings (SSSR count). The number of nitrogens with one attached hydrogen (secondary N) is 1. The Hall–Kier alpha value is -0.650. The van der Waals surface area contributed by atoms with Crippen LogP contribution in [0.2, 0.25) is 5.02 Å². The second kappa shape index (κ2) is 5.55. The van der Waals surface area contributed by atoms with Crippen molar-refractivity contribution < 1.29 is 12.8 Å². The van der Waals surface area contributed by atoms with Gasteiger partial charge in [-0.2, -0.15) is 0 Å². The number of halogens is 2. The maximum Gasteiger partial charge on any atom is 0.153 e. The van der Waals surface area contributed by atoms with Crippen molar-refractivity contribution in [3.05, 3.63) is 34.6 Å². The molecule has 0 aliphatic heterocycles. The molecule has 102 valence electrons. The summed E-state index contributed by atoms with van der Waals surface area (Å²) in [7, 11) is -3.12. The zero-order chi connectivity index (χ0) is 14.0. The molecule has 0 bridgehead atoms. The fourth-order valence-electron chi connectivity index (χ4n) is 1.29. The van der Waals surface area contributed by atoms with E-state index in [9.17, 15) is 12.8 Å². The summed E-state index contributed by atoms with van der Waals surface area (Å²) < 4.78 is 35.1. The second-order valence-electron chi connectivity index (χ2n) is 4.88. The van der Waals surface area contributed by atoms with E-state index in [2.05, 4.69) is 5.32 Å². The number of hydrogen-bond donors (Lipinski definition) is 1. The lowest BCUT2D eigenvalue weighted by Crippen LogP contribution is -2.41. The number of sulfone groups is 1. The SMILES string of the molecule is CC(C)(CNCc1ccc(F)c(Cl)c1)S(C)(=O)=O. The van der Waals surface area contributed by atoms with Crippen molar-refractivity contribution in [2.45, 2.75) is 25.1 Å². The normalized spacial score (nSPS) is 12.7. The van der Waals surface area contributed by atoms with Crippen molar-refractivity contribution in [2.24, 2.45) is 0 Å². The third-order valence-corrected chi connectivity index (χ3v) is 5.31. The third-order valence-electron chi connectivity index (χ3n) is 2.87. The van der Waals surface area contributed by atoms with Gasteiger partial charge in [0.15, 0.2) is 9.84 Å². The van der Waals surface area contributed by atoms with Gasteiger partial charge in [0, 0.05) is 19.3 Å². The minimum absolute atomic E-state index is 0.0664. The Bertz CT molecular complexity index is 529. The summed E-state index contributed by atoms with van der Waals surface area (Å²) in [6, 6.07) is 4.43. The summed E-state index contributed by atoms with van der Waals surface area (Å²) in [6.07, 6.45) is 1.21. The lowest BCUT2D eigenvalue weighted by molar-refractivity contribution is 0.521. The Morgan fingerprint density at radius 2 is 2.00 bits per heavy atom. The van der Waals surface area contributed by atoms with Crippen LogP contribution in [0.3, 0.4) is 0 Å². The molecule has 0 aliphatic rings. The van der Waals surface area contributed by atoms with Crippen molar-refractivity contribution in [1.82, 2.24) is 5.32 Å². The Morgan fingerprint density at radius 3 is 2.50 bits per heavy atom. The third kappa shape index (κ3) is 3.93. The Labute approximate surface area is 112 Å². The van der Waals surface area contributed by atoms with E-state index in [0.29, 0.717) is 13.1 Å². The molecule has 18 heavy (non-hydrogen) atoms. The molecule has 3 nitrogen and oxygen atoms in total. The molecular weight excluding hydrogens is 277 g/mol. The van der Waals surface area contributed by atoms with Gasteiger partial charge in [-0.1, -0.05) is 17.7 Å². The van der Waals surface area contributed by atoms with E-state index < -0.39 is 20.4 Å². The molecule has 0 saturated heterocycles. The average Bonchev–Trinajstić information content (AvgIpc) is 2.21. The largest absolute Gasteiger partial charge is 0.311 e. The van der Waals surface area contributed by atoms with Gasteiger partial charge in [-0.05, 0) is 31.5 Å². The van der Waals surface area contributed by atoms with Gasteiger partial charge in [-0.15, -0.1) is 0 Å². The molecule has 0 fully saturated rings. The highest BCUT2D eigenvalue weighted by molar-refractivity contribution is 7.92. The molecule has 0 amide bonds. The molecule has 0 aliphatic carbocycles. The smallest absolute Gasteiger partial charge is 0.153 e. The molecule has 0 atom stereocenters. The van der Waals surface area contributed by atoms with Crippen LogP contribution in [0.5, 0.6) is 0 Å². The van der Waals surface area contributed by atoms with Gasteiger partial charge >= 0.3 is 0 Å². The fraction of sp³-hybridized carbons (Fsp3) is 0.500. The molecule has 0 aromatic heterocycles. The summed E-state index contributed by atoms with van der Waals surface area (Å²) in [5.74, 6) is -0.461. The standard InChI is InChI=1S/C12H17ClFNO2S/c1-12(2,18(3,16)17)8-15-7-9-4-5-11(14)10(13)6-9/h4-6,15H,7-8H2,1-3H3. The number of rotatable bonds is 5.